The van der Waals surface area contributed by atoms with Crippen molar-refractivity contribution in [2.24, 2.45) is 7.05 Å². The molecule has 0 atom stereocenters. The molecular formula is C24H24F3N5O3. The van der Waals surface area contributed by atoms with E-state index in [1.165, 1.54) is 6.08 Å². The number of ether oxygens (including phenoxy) is 1. The van der Waals surface area contributed by atoms with Gasteiger partial charge in [-0.15, -0.1) is 0 Å². The first kappa shape index (κ1) is 25.5. The third kappa shape index (κ3) is 6.46. The number of carbonyl (C=O) groups is 1. The Bertz CT molecular complexity index is 1250. The van der Waals surface area contributed by atoms with Crippen LogP contribution < -0.4 is 5.32 Å². The normalized spacial score (nSPS) is 12.5. The van der Waals surface area contributed by atoms with Gasteiger partial charge >= 0.3 is 6.18 Å². The van der Waals surface area contributed by atoms with E-state index in [1.54, 1.807) is 44.0 Å². The lowest BCUT2D eigenvalue weighted by Crippen LogP contribution is -2.19. The van der Waals surface area contributed by atoms with Gasteiger partial charge in [0.05, 0.1) is 35.2 Å². The highest BCUT2D eigenvalue weighted by Crippen LogP contribution is 2.27. The Balaban J connectivity index is 1.75. The van der Waals surface area contributed by atoms with Gasteiger partial charge in [-0.2, -0.15) is 23.3 Å². The van der Waals surface area contributed by atoms with Crippen LogP contribution in [0.5, 0.6) is 0 Å². The molecule has 2 heterocycles. The third-order valence-corrected chi connectivity index (χ3v) is 5.06. The molecule has 1 amide bonds. The molecule has 0 spiro atoms. The zero-order valence-corrected chi connectivity index (χ0v) is 19.4. The second-order valence-electron chi connectivity index (χ2n) is 7.49. The van der Waals surface area contributed by atoms with Gasteiger partial charge in [0.25, 0.3) is 5.89 Å². The zero-order chi connectivity index (χ0) is 25.6. The van der Waals surface area contributed by atoms with Crippen LogP contribution in [0.1, 0.15) is 18.2 Å². The van der Waals surface area contributed by atoms with Crippen molar-refractivity contribution in [1.29, 1.82) is 0 Å². The van der Waals surface area contributed by atoms with Gasteiger partial charge in [0, 0.05) is 19.7 Å². The first-order valence-corrected chi connectivity index (χ1v) is 10.5. The Hall–Kier alpha value is -4.15. The van der Waals surface area contributed by atoms with Crippen molar-refractivity contribution >= 4 is 5.91 Å². The largest absolute Gasteiger partial charge is 0.492 e. The van der Waals surface area contributed by atoms with Crippen molar-refractivity contribution in [3.63, 3.8) is 0 Å². The predicted molar refractivity (Wildman–Crippen MR) is 123 cm³/mol. The molecular weight excluding hydrogens is 463 g/mol. The van der Waals surface area contributed by atoms with E-state index in [2.05, 4.69) is 27.1 Å². The van der Waals surface area contributed by atoms with Crippen LogP contribution in [0.2, 0.25) is 0 Å². The number of hydrogen-bond acceptors (Lipinski definition) is 6. The molecule has 3 aromatic rings. The van der Waals surface area contributed by atoms with Gasteiger partial charge in [0.15, 0.2) is 0 Å². The van der Waals surface area contributed by atoms with Crippen molar-refractivity contribution in [3.05, 3.63) is 77.9 Å². The van der Waals surface area contributed by atoms with E-state index < -0.39 is 11.7 Å². The predicted octanol–water partition coefficient (Wildman–Crippen LogP) is 4.52. The van der Waals surface area contributed by atoms with Crippen LogP contribution in [-0.2, 0) is 29.6 Å². The molecule has 0 aliphatic carbocycles. The minimum atomic E-state index is -4.49. The summed E-state index contributed by atoms with van der Waals surface area (Å²) in [6.45, 7) is 4.74. The number of allylic oxidation sites excluding steroid dienone is 5. The smallest absolute Gasteiger partial charge is 0.416 e. The molecule has 0 saturated carbocycles. The highest BCUT2D eigenvalue weighted by Gasteiger charge is 2.30. The minimum absolute atomic E-state index is 0.0172. The SMILES string of the molecule is C=C/C(=C\C=C(/C)OCc1c(-c2nc(-c3ccc(CC(=O)NC)cc3)no2)cnn1C)C(F)(F)F. The zero-order valence-electron chi connectivity index (χ0n) is 19.4. The summed E-state index contributed by atoms with van der Waals surface area (Å²) in [6.07, 6.45) is 0.179. The van der Waals surface area contributed by atoms with E-state index in [0.29, 0.717) is 22.6 Å². The number of hydrogen-bond donors (Lipinski definition) is 1. The summed E-state index contributed by atoms with van der Waals surface area (Å²) in [7, 11) is 3.28. The first-order valence-electron chi connectivity index (χ1n) is 10.5. The number of aromatic nitrogens is 4. The molecule has 184 valence electrons. The molecule has 2 aromatic heterocycles. The molecule has 3 rings (SSSR count). The van der Waals surface area contributed by atoms with Gasteiger partial charge < -0.3 is 14.6 Å². The number of benzene rings is 1. The van der Waals surface area contributed by atoms with Crippen molar-refractivity contribution < 1.29 is 27.2 Å². The Morgan fingerprint density at radius 2 is 1.97 bits per heavy atom. The van der Waals surface area contributed by atoms with Gasteiger partial charge in [0.1, 0.15) is 6.61 Å². The minimum Gasteiger partial charge on any atom is -0.492 e. The Labute approximate surface area is 199 Å². The van der Waals surface area contributed by atoms with E-state index in [1.807, 2.05) is 12.1 Å². The lowest BCUT2D eigenvalue weighted by atomic mass is 10.1. The van der Waals surface area contributed by atoms with Crippen LogP contribution in [0.15, 0.2) is 71.1 Å². The van der Waals surface area contributed by atoms with Crippen LogP contribution in [-0.4, -0.2) is 39.1 Å². The lowest BCUT2D eigenvalue weighted by Gasteiger charge is -2.08. The molecule has 8 nitrogen and oxygen atoms in total. The monoisotopic (exact) mass is 487 g/mol. The Morgan fingerprint density at radius 3 is 2.60 bits per heavy atom. The maximum absolute atomic E-state index is 12.8. The van der Waals surface area contributed by atoms with E-state index in [9.17, 15) is 18.0 Å². The maximum atomic E-state index is 12.8. The number of aryl methyl sites for hydroxylation is 1. The summed E-state index contributed by atoms with van der Waals surface area (Å²) in [5.41, 5.74) is 1.81. The fraction of sp³-hybridized carbons (Fsp3) is 0.250. The number of nitrogens with zero attached hydrogens (tertiary/aromatic N) is 4. The molecule has 35 heavy (non-hydrogen) atoms. The highest BCUT2D eigenvalue weighted by molar-refractivity contribution is 5.78. The molecule has 1 N–H and O–H groups in total. The summed E-state index contributed by atoms with van der Waals surface area (Å²) in [5, 5.41) is 10.8. The summed E-state index contributed by atoms with van der Waals surface area (Å²) >= 11 is 0. The summed E-state index contributed by atoms with van der Waals surface area (Å²) in [6, 6.07) is 7.20. The number of carbonyl (C=O) groups excluding carboxylic acids is 1. The third-order valence-electron chi connectivity index (χ3n) is 5.06. The van der Waals surface area contributed by atoms with Gasteiger partial charge in [-0.25, -0.2) is 0 Å². The van der Waals surface area contributed by atoms with Gasteiger partial charge in [-0.05, 0) is 24.6 Å². The highest BCUT2D eigenvalue weighted by atomic mass is 19.4. The van der Waals surface area contributed by atoms with Crippen LogP contribution in [0.4, 0.5) is 13.2 Å². The maximum Gasteiger partial charge on any atom is 0.416 e. The fourth-order valence-corrected chi connectivity index (χ4v) is 3.02. The van der Waals surface area contributed by atoms with Crippen LogP contribution in [0.3, 0.4) is 0 Å². The standard InChI is InChI=1S/C24H24F3N5O3/c1-5-18(24(25,26)27)11-6-15(2)34-14-20-19(13-29-32(20)4)23-30-22(31-35-23)17-9-7-16(8-10-17)12-21(33)28-3/h5-11,13H,1,12,14H2,2-4H3,(H,28,33)/b15-6+,18-11+. The van der Waals surface area contributed by atoms with Gasteiger partial charge in [-0.3, -0.25) is 9.48 Å². The van der Waals surface area contributed by atoms with E-state index >= 15 is 0 Å². The Morgan fingerprint density at radius 1 is 1.26 bits per heavy atom. The molecule has 0 bridgehead atoms. The number of amides is 1. The van der Waals surface area contributed by atoms with Crippen LogP contribution in [0.25, 0.3) is 22.8 Å². The molecule has 1 aromatic carbocycles. The molecule has 0 radical (unpaired) electrons. The van der Waals surface area contributed by atoms with Crippen molar-refractivity contribution in [2.75, 3.05) is 7.05 Å². The van der Waals surface area contributed by atoms with Gasteiger partial charge in [-0.1, -0.05) is 42.1 Å². The number of alkyl halides is 3. The molecule has 0 aliphatic heterocycles. The first-order chi connectivity index (χ1) is 16.6. The summed E-state index contributed by atoms with van der Waals surface area (Å²) < 4.78 is 51.1. The molecule has 0 saturated heterocycles. The van der Waals surface area contributed by atoms with E-state index in [4.69, 9.17) is 9.26 Å². The fourth-order valence-electron chi connectivity index (χ4n) is 3.02. The van der Waals surface area contributed by atoms with Crippen molar-refractivity contribution in [3.8, 4) is 22.8 Å². The topological polar surface area (TPSA) is 95.1 Å². The number of nitrogens with one attached hydrogen (secondary N) is 1. The number of rotatable bonds is 9. The average molecular weight is 487 g/mol. The van der Waals surface area contributed by atoms with Gasteiger partial charge in [0.2, 0.25) is 11.7 Å². The van der Waals surface area contributed by atoms with Crippen LogP contribution in [0, 0.1) is 0 Å². The van der Waals surface area contributed by atoms with Crippen molar-refractivity contribution in [2.45, 2.75) is 26.1 Å². The van der Waals surface area contributed by atoms with E-state index in [0.717, 1.165) is 17.7 Å². The van der Waals surface area contributed by atoms with Crippen LogP contribution >= 0.6 is 0 Å². The molecule has 11 heteroatoms. The second kappa shape index (κ2) is 10.9. The van der Waals surface area contributed by atoms with Crippen molar-refractivity contribution in [1.82, 2.24) is 25.2 Å². The number of halogens is 3. The molecule has 0 aliphatic rings. The molecule has 0 unspecified atom stereocenters. The van der Waals surface area contributed by atoms with E-state index in [-0.39, 0.29) is 30.6 Å². The molecule has 0 fully saturated rings. The second-order valence-corrected chi connectivity index (χ2v) is 7.49. The average Bonchev–Trinajstić information content (AvgIpc) is 3.44. The summed E-state index contributed by atoms with van der Waals surface area (Å²) in [5.74, 6) is 0.749. The number of likely N-dealkylation sites (N-methyl/N-ethyl adjacent to an activating group) is 1. The Kier molecular flexibility index (Phi) is 7.90. The lowest BCUT2D eigenvalue weighted by molar-refractivity contribution is -0.119. The quantitative estimate of drug-likeness (QED) is 0.352. The summed E-state index contributed by atoms with van der Waals surface area (Å²) in [4.78, 5) is 16.0.